The highest BCUT2D eigenvalue weighted by molar-refractivity contribution is 9.10. The lowest BCUT2D eigenvalue weighted by molar-refractivity contribution is 0.102. The molecule has 3 aromatic rings. The summed E-state index contributed by atoms with van der Waals surface area (Å²) >= 11 is 3.16. The molecule has 0 saturated carbocycles. The molecule has 0 aliphatic rings. The van der Waals surface area contributed by atoms with Gasteiger partial charge in [-0.1, -0.05) is 15.9 Å². The first kappa shape index (κ1) is 12.8. The van der Waals surface area contributed by atoms with Gasteiger partial charge in [-0.25, -0.2) is 9.37 Å². The SMILES string of the molecule is O=C(Nc1ccc(Br)cc1F)c1ccc2ocnc2c1. The summed E-state index contributed by atoms with van der Waals surface area (Å²) in [5.41, 5.74) is 1.68. The summed E-state index contributed by atoms with van der Waals surface area (Å²) in [5, 5.41) is 2.52. The van der Waals surface area contributed by atoms with Crippen molar-refractivity contribution < 1.29 is 13.6 Å². The molecule has 1 amide bonds. The van der Waals surface area contributed by atoms with E-state index in [1.807, 2.05) is 0 Å². The first-order valence-corrected chi connectivity index (χ1v) is 6.52. The summed E-state index contributed by atoms with van der Waals surface area (Å²) in [5.74, 6) is -0.911. The summed E-state index contributed by atoms with van der Waals surface area (Å²) in [6.45, 7) is 0. The normalized spacial score (nSPS) is 10.7. The molecule has 0 fully saturated rings. The van der Waals surface area contributed by atoms with E-state index in [1.54, 1.807) is 24.3 Å². The fraction of sp³-hybridized carbons (Fsp3) is 0. The Morgan fingerprint density at radius 3 is 2.90 bits per heavy atom. The van der Waals surface area contributed by atoms with Crippen LogP contribution in [0, 0.1) is 5.82 Å². The Morgan fingerprint density at radius 1 is 1.25 bits per heavy atom. The number of oxazole rings is 1. The topological polar surface area (TPSA) is 55.1 Å². The van der Waals surface area contributed by atoms with Crippen LogP contribution in [-0.4, -0.2) is 10.9 Å². The molecule has 0 bridgehead atoms. The third-order valence-corrected chi connectivity index (χ3v) is 3.27. The van der Waals surface area contributed by atoms with Crippen molar-refractivity contribution in [1.29, 1.82) is 0 Å². The molecule has 0 aliphatic carbocycles. The van der Waals surface area contributed by atoms with E-state index in [9.17, 15) is 9.18 Å². The van der Waals surface area contributed by atoms with Crippen LogP contribution in [0.15, 0.2) is 51.7 Å². The van der Waals surface area contributed by atoms with E-state index >= 15 is 0 Å². The molecule has 1 aromatic heterocycles. The average molecular weight is 335 g/mol. The second-order valence-corrected chi connectivity index (χ2v) is 5.03. The van der Waals surface area contributed by atoms with Crippen LogP contribution in [0.1, 0.15) is 10.4 Å². The van der Waals surface area contributed by atoms with Crippen molar-refractivity contribution in [2.75, 3.05) is 5.32 Å². The number of carbonyl (C=O) groups is 1. The second kappa shape index (κ2) is 5.05. The molecule has 0 radical (unpaired) electrons. The first-order chi connectivity index (χ1) is 9.63. The molecular weight excluding hydrogens is 327 g/mol. The van der Waals surface area contributed by atoms with E-state index in [-0.39, 0.29) is 5.69 Å². The number of fused-ring (bicyclic) bond motifs is 1. The maximum absolute atomic E-state index is 13.7. The predicted octanol–water partition coefficient (Wildman–Crippen LogP) is 3.98. The molecule has 20 heavy (non-hydrogen) atoms. The summed E-state index contributed by atoms with van der Waals surface area (Å²) < 4.78 is 19.4. The molecule has 2 aromatic carbocycles. The molecule has 1 heterocycles. The molecule has 6 heteroatoms. The number of nitrogens with one attached hydrogen (secondary N) is 1. The highest BCUT2D eigenvalue weighted by atomic mass is 79.9. The molecule has 4 nitrogen and oxygen atoms in total. The van der Waals surface area contributed by atoms with Gasteiger partial charge in [-0.15, -0.1) is 0 Å². The van der Waals surface area contributed by atoms with Gasteiger partial charge in [-0.2, -0.15) is 0 Å². The van der Waals surface area contributed by atoms with Crippen LogP contribution >= 0.6 is 15.9 Å². The number of benzene rings is 2. The van der Waals surface area contributed by atoms with Crippen LogP contribution in [0.25, 0.3) is 11.1 Å². The van der Waals surface area contributed by atoms with Crippen molar-refractivity contribution in [1.82, 2.24) is 4.98 Å². The lowest BCUT2D eigenvalue weighted by Crippen LogP contribution is -2.12. The quantitative estimate of drug-likeness (QED) is 0.771. The van der Waals surface area contributed by atoms with E-state index in [4.69, 9.17) is 4.42 Å². The Bertz CT molecular complexity index is 801. The Balaban J connectivity index is 1.88. The minimum atomic E-state index is -0.504. The van der Waals surface area contributed by atoms with Crippen molar-refractivity contribution in [2.45, 2.75) is 0 Å². The van der Waals surface area contributed by atoms with Crippen LogP contribution in [0.4, 0.5) is 10.1 Å². The third-order valence-electron chi connectivity index (χ3n) is 2.77. The minimum absolute atomic E-state index is 0.124. The molecular formula is C14H8BrFN2O2. The zero-order valence-electron chi connectivity index (χ0n) is 10.1. The minimum Gasteiger partial charge on any atom is -0.443 e. The Hall–Kier alpha value is -2.21. The predicted molar refractivity (Wildman–Crippen MR) is 76.1 cm³/mol. The molecule has 3 rings (SSSR count). The van der Waals surface area contributed by atoms with Gasteiger partial charge in [0.1, 0.15) is 11.3 Å². The number of anilines is 1. The van der Waals surface area contributed by atoms with Gasteiger partial charge in [0, 0.05) is 10.0 Å². The Morgan fingerprint density at radius 2 is 2.10 bits per heavy atom. The fourth-order valence-corrected chi connectivity index (χ4v) is 2.12. The number of amides is 1. The highest BCUT2D eigenvalue weighted by Gasteiger charge is 2.11. The van der Waals surface area contributed by atoms with Crippen LogP contribution in [0.5, 0.6) is 0 Å². The third kappa shape index (κ3) is 2.42. The van der Waals surface area contributed by atoms with Gasteiger partial charge in [-0.3, -0.25) is 4.79 Å². The van der Waals surface area contributed by atoms with E-state index in [1.165, 1.54) is 18.5 Å². The van der Waals surface area contributed by atoms with Crippen molar-refractivity contribution in [3.8, 4) is 0 Å². The second-order valence-electron chi connectivity index (χ2n) is 4.11. The number of aromatic nitrogens is 1. The van der Waals surface area contributed by atoms with Gasteiger partial charge in [-0.05, 0) is 36.4 Å². The molecule has 0 aliphatic heterocycles. The Kier molecular flexibility index (Phi) is 3.23. The summed E-state index contributed by atoms with van der Waals surface area (Å²) in [4.78, 5) is 16.0. The lowest BCUT2D eigenvalue weighted by atomic mass is 10.2. The van der Waals surface area contributed by atoms with Gasteiger partial charge in [0.15, 0.2) is 12.0 Å². The summed E-state index contributed by atoms with van der Waals surface area (Å²) in [6.07, 6.45) is 1.31. The van der Waals surface area contributed by atoms with Gasteiger partial charge in [0.05, 0.1) is 5.69 Å². The first-order valence-electron chi connectivity index (χ1n) is 5.73. The number of halogens is 2. The van der Waals surface area contributed by atoms with Gasteiger partial charge < -0.3 is 9.73 Å². The smallest absolute Gasteiger partial charge is 0.255 e. The van der Waals surface area contributed by atoms with Crippen LogP contribution in [0.3, 0.4) is 0 Å². The van der Waals surface area contributed by atoms with Crippen molar-refractivity contribution in [2.24, 2.45) is 0 Å². The van der Waals surface area contributed by atoms with E-state index in [0.717, 1.165) is 0 Å². The average Bonchev–Trinajstić information content (AvgIpc) is 2.89. The van der Waals surface area contributed by atoms with Crippen LogP contribution in [-0.2, 0) is 0 Å². The van der Waals surface area contributed by atoms with Gasteiger partial charge >= 0.3 is 0 Å². The molecule has 0 saturated heterocycles. The number of carbonyl (C=O) groups excluding carboxylic acids is 1. The molecule has 0 unspecified atom stereocenters. The lowest BCUT2D eigenvalue weighted by Gasteiger charge is -2.06. The maximum Gasteiger partial charge on any atom is 0.255 e. The maximum atomic E-state index is 13.7. The number of rotatable bonds is 2. The molecule has 0 spiro atoms. The number of nitrogens with zero attached hydrogens (tertiary/aromatic N) is 1. The standard InChI is InChI=1S/C14H8BrFN2O2/c15-9-2-3-11(10(16)6-9)18-14(19)8-1-4-13-12(5-8)17-7-20-13/h1-7H,(H,18,19). The van der Waals surface area contributed by atoms with Gasteiger partial charge in [0.25, 0.3) is 5.91 Å². The molecule has 1 N–H and O–H groups in total. The van der Waals surface area contributed by atoms with Crippen molar-refractivity contribution in [3.05, 3.63) is 58.6 Å². The summed E-state index contributed by atoms with van der Waals surface area (Å²) in [7, 11) is 0. The Labute approximate surface area is 121 Å². The molecule has 100 valence electrons. The van der Waals surface area contributed by atoms with Crippen LogP contribution in [0.2, 0.25) is 0 Å². The van der Waals surface area contributed by atoms with Crippen LogP contribution < -0.4 is 5.32 Å². The largest absolute Gasteiger partial charge is 0.443 e. The van der Waals surface area contributed by atoms with Crippen molar-refractivity contribution >= 4 is 38.6 Å². The summed E-state index contributed by atoms with van der Waals surface area (Å²) in [6, 6.07) is 9.27. The molecule has 0 atom stereocenters. The fourth-order valence-electron chi connectivity index (χ4n) is 1.78. The number of hydrogen-bond acceptors (Lipinski definition) is 3. The zero-order chi connectivity index (χ0) is 14.1. The highest BCUT2D eigenvalue weighted by Crippen LogP contribution is 2.21. The van der Waals surface area contributed by atoms with Crippen molar-refractivity contribution in [3.63, 3.8) is 0 Å². The zero-order valence-corrected chi connectivity index (χ0v) is 11.6. The van der Waals surface area contributed by atoms with E-state index in [2.05, 4.69) is 26.2 Å². The van der Waals surface area contributed by atoms with E-state index in [0.29, 0.717) is 21.1 Å². The van der Waals surface area contributed by atoms with Gasteiger partial charge in [0.2, 0.25) is 0 Å². The van der Waals surface area contributed by atoms with E-state index < -0.39 is 11.7 Å². The monoisotopic (exact) mass is 334 g/mol. The number of hydrogen-bond donors (Lipinski definition) is 1.